The van der Waals surface area contributed by atoms with Crippen LogP contribution in [-0.4, -0.2) is 68.2 Å². The van der Waals surface area contributed by atoms with E-state index in [0.29, 0.717) is 24.8 Å². The minimum Gasteiger partial charge on any atom is -0.487 e. The Kier molecular flexibility index (Phi) is 9.38. The molecule has 0 bridgehead atoms. The van der Waals surface area contributed by atoms with Gasteiger partial charge in [0.15, 0.2) is 0 Å². The fraction of sp³-hybridized carbons (Fsp3) is 0.667. The van der Waals surface area contributed by atoms with Crippen LogP contribution in [0.3, 0.4) is 0 Å². The lowest BCUT2D eigenvalue weighted by Gasteiger charge is -2.37. The van der Waals surface area contributed by atoms with Crippen LogP contribution >= 0.6 is 0 Å². The van der Waals surface area contributed by atoms with Crippen LogP contribution in [0.5, 0.6) is 5.75 Å². The Labute approximate surface area is 188 Å². The van der Waals surface area contributed by atoms with E-state index in [1.54, 1.807) is 25.1 Å². The summed E-state index contributed by atoms with van der Waals surface area (Å²) in [6, 6.07) is 4.55. The number of aliphatic hydroxyl groups is 1. The van der Waals surface area contributed by atoms with E-state index in [2.05, 4.69) is 44.6 Å². The molecule has 7 heteroatoms. The molecule has 1 aromatic carbocycles. The van der Waals surface area contributed by atoms with Gasteiger partial charge in [-0.25, -0.2) is 8.42 Å². The molecule has 174 valence electrons. The summed E-state index contributed by atoms with van der Waals surface area (Å²) in [6.07, 6.45) is 1.63. The number of sulfonamides is 1. The molecule has 3 atom stereocenters. The average Bonchev–Trinajstić information content (AvgIpc) is 2.70. The van der Waals surface area contributed by atoms with Crippen molar-refractivity contribution < 1.29 is 18.3 Å². The molecule has 0 fully saturated rings. The third-order valence-corrected chi connectivity index (χ3v) is 7.53. The average molecular weight is 451 g/mol. The van der Waals surface area contributed by atoms with Gasteiger partial charge < -0.3 is 14.7 Å². The normalized spacial score (nSPS) is 22.1. The van der Waals surface area contributed by atoms with Crippen molar-refractivity contribution >= 4 is 10.0 Å². The maximum atomic E-state index is 13.5. The smallest absolute Gasteiger partial charge is 0.247 e. The molecule has 31 heavy (non-hydrogen) atoms. The van der Waals surface area contributed by atoms with E-state index in [9.17, 15) is 13.5 Å². The van der Waals surface area contributed by atoms with Crippen LogP contribution in [0.25, 0.3) is 0 Å². The second-order valence-corrected chi connectivity index (χ2v) is 10.9. The first-order chi connectivity index (χ1) is 14.6. The lowest BCUT2D eigenvalue weighted by atomic mass is 10.0. The van der Waals surface area contributed by atoms with E-state index in [1.807, 2.05) is 6.92 Å². The Balaban J connectivity index is 2.52. The van der Waals surface area contributed by atoms with Gasteiger partial charge in [0.05, 0.1) is 6.61 Å². The number of ether oxygens (including phenoxy) is 1. The summed E-state index contributed by atoms with van der Waals surface area (Å²) in [5.41, 5.74) is 0.741. The fourth-order valence-corrected chi connectivity index (χ4v) is 5.48. The molecule has 0 aliphatic carbocycles. The molecule has 1 aromatic rings. The molecule has 1 heterocycles. The van der Waals surface area contributed by atoms with Crippen molar-refractivity contribution in [3.05, 3.63) is 23.8 Å². The molecule has 1 aliphatic heterocycles. The third kappa shape index (κ3) is 6.69. The summed E-state index contributed by atoms with van der Waals surface area (Å²) >= 11 is 0. The van der Waals surface area contributed by atoms with Crippen LogP contribution in [0.1, 0.15) is 53.0 Å². The van der Waals surface area contributed by atoms with E-state index >= 15 is 0 Å². The Hall–Kier alpha value is -1.59. The van der Waals surface area contributed by atoms with E-state index < -0.39 is 16.1 Å². The molecule has 2 rings (SSSR count). The molecule has 6 nitrogen and oxygen atoms in total. The molecule has 0 unspecified atom stereocenters. The SMILES string of the molecule is CCCN(C)C[C@@H]1Oc2cc(C#CCC(C)C)ccc2S(=O)(=O)N([C@@H](C)CO)C[C@@H]1C. The quantitative estimate of drug-likeness (QED) is 0.646. The number of hydrogen-bond donors (Lipinski definition) is 1. The van der Waals surface area contributed by atoms with Crippen molar-refractivity contribution in [1.29, 1.82) is 0 Å². The highest BCUT2D eigenvalue weighted by atomic mass is 32.2. The van der Waals surface area contributed by atoms with Gasteiger partial charge in [-0.05, 0) is 51.1 Å². The number of nitrogens with zero attached hydrogens (tertiary/aromatic N) is 2. The van der Waals surface area contributed by atoms with Crippen LogP contribution < -0.4 is 4.74 Å². The van der Waals surface area contributed by atoms with Crippen LogP contribution in [0, 0.1) is 23.7 Å². The number of aliphatic hydroxyl groups excluding tert-OH is 1. The lowest BCUT2D eigenvalue weighted by Crippen LogP contribution is -2.49. The Morgan fingerprint density at radius 3 is 2.65 bits per heavy atom. The topological polar surface area (TPSA) is 70.1 Å². The lowest BCUT2D eigenvalue weighted by molar-refractivity contribution is 0.0752. The zero-order valence-electron chi connectivity index (χ0n) is 19.8. The number of fused-ring (bicyclic) bond motifs is 1. The zero-order chi connectivity index (χ0) is 23.2. The largest absolute Gasteiger partial charge is 0.487 e. The van der Waals surface area contributed by atoms with Gasteiger partial charge in [-0.15, -0.1) is 0 Å². The van der Waals surface area contributed by atoms with Crippen molar-refractivity contribution in [2.45, 2.75) is 64.5 Å². The van der Waals surface area contributed by atoms with E-state index in [0.717, 1.165) is 24.9 Å². The van der Waals surface area contributed by atoms with Gasteiger partial charge in [-0.1, -0.05) is 39.5 Å². The highest BCUT2D eigenvalue weighted by Gasteiger charge is 2.38. The number of rotatable bonds is 7. The highest BCUT2D eigenvalue weighted by molar-refractivity contribution is 7.89. The first-order valence-electron chi connectivity index (χ1n) is 11.2. The molecule has 0 saturated carbocycles. The maximum absolute atomic E-state index is 13.5. The predicted molar refractivity (Wildman–Crippen MR) is 125 cm³/mol. The summed E-state index contributed by atoms with van der Waals surface area (Å²) in [6.45, 7) is 11.8. The van der Waals surface area contributed by atoms with E-state index in [-0.39, 0.29) is 23.5 Å². The second-order valence-electron chi connectivity index (χ2n) is 9.06. The number of likely N-dealkylation sites (N-methyl/N-ethyl adjacent to an activating group) is 1. The fourth-order valence-electron chi connectivity index (χ4n) is 3.66. The summed E-state index contributed by atoms with van der Waals surface area (Å²) in [4.78, 5) is 2.35. The van der Waals surface area contributed by atoms with Crippen molar-refractivity contribution in [2.75, 3.05) is 33.3 Å². The van der Waals surface area contributed by atoms with Crippen molar-refractivity contribution in [1.82, 2.24) is 9.21 Å². The van der Waals surface area contributed by atoms with Gasteiger partial charge >= 0.3 is 0 Å². The minimum atomic E-state index is -3.81. The summed E-state index contributed by atoms with van der Waals surface area (Å²) in [5.74, 6) is 7.05. The van der Waals surface area contributed by atoms with Crippen molar-refractivity contribution in [3.63, 3.8) is 0 Å². The van der Waals surface area contributed by atoms with Gasteiger partial charge in [0.2, 0.25) is 10.0 Å². The molecule has 0 amide bonds. The molecule has 1 aliphatic rings. The first kappa shape index (κ1) is 25.7. The number of hydrogen-bond acceptors (Lipinski definition) is 5. The van der Waals surface area contributed by atoms with Crippen LogP contribution in [0.15, 0.2) is 23.1 Å². The molecular formula is C24H38N2O4S. The Bertz CT molecular complexity index is 889. The van der Waals surface area contributed by atoms with Crippen LogP contribution in [0.2, 0.25) is 0 Å². The Morgan fingerprint density at radius 1 is 1.32 bits per heavy atom. The number of benzene rings is 1. The van der Waals surface area contributed by atoms with Crippen LogP contribution in [-0.2, 0) is 10.0 Å². The monoisotopic (exact) mass is 450 g/mol. The standard InChI is InChI=1S/C24H38N2O4S/c1-7-13-25(6)16-23-19(4)15-26(20(5)17-27)31(28,29)24-12-11-21(14-22(24)30-23)10-8-9-18(2)3/h11-12,14,18-20,23,27H,7,9,13,15-17H2,1-6H3/t19-,20-,23-/m0/s1. The molecule has 0 aromatic heterocycles. The molecule has 0 radical (unpaired) electrons. The first-order valence-corrected chi connectivity index (χ1v) is 12.6. The van der Waals surface area contributed by atoms with Gasteiger partial charge in [0.25, 0.3) is 0 Å². The van der Waals surface area contributed by atoms with Crippen LogP contribution in [0.4, 0.5) is 0 Å². The third-order valence-electron chi connectivity index (χ3n) is 5.51. The van der Waals surface area contributed by atoms with E-state index in [4.69, 9.17) is 4.74 Å². The summed E-state index contributed by atoms with van der Waals surface area (Å²) in [7, 11) is -1.76. The minimum absolute atomic E-state index is 0.0492. The summed E-state index contributed by atoms with van der Waals surface area (Å²) in [5, 5.41) is 9.72. The van der Waals surface area contributed by atoms with Gasteiger partial charge in [-0.3, -0.25) is 0 Å². The maximum Gasteiger partial charge on any atom is 0.247 e. The Morgan fingerprint density at radius 2 is 2.03 bits per heavy atom. The molecule has 0 spiro atoms. The van der Waals surface area contributed by atoms with Gasteiger partial charge in [-0.2, -0.15) is 4.31 Å². The van der Waals surface area contributed by atoms with Gasteiger partial charge in [0, 0.05) is 37.0 Å². The van der Waals surface area contributed by atoms with Crippen molar-refractivity contribution in [2.24, 2.45) is 11.8 Å². The summed E-state index contributed by atoms with van der Waals surface area (Å²) < 4.78 is 34.7. The highest BCUT2D eigenvalue weighted by Crippen LogP contribution is 2.34. The van der Waals surface area contributed by atoms with E-state index in [1.165, 1.54) is 4.31 Å². The second kappa shape index (κ2) is 11.3. The predicted octanol–water partition coefficient (Wildman–Crippen LogP) is 3.19. The molecular weight excluding hydrogens is 412 g/mol. The van der Waals surface area contributed by atoms with Crippen molar-refractivity contribution in [3.8, 4) is 17.6 Å². The molecule has 0 saturated heterocycles. The van der Waals surface area contributed by atoms with Gasteiger partial charge in [0.1, 0.15) is 16.7 Å². The zero-order valence-corrected chi connectivity index (χ0v) is 20.6. The molecule has 1 N–H and O–H groups in total.